The third kappa shape index (κ3) is 11.0. The number of hydrogen-bond donors (Lipinski definition) is 0. The molecule has 0 bridgehead atoms. The van der Waals surface area contributed by atoms with E-state index in [1.54, 1.807) is 0 Å². The van der Waals surface area contributed by atoms with E-state index in [0.29, 0.717) is 5.41 Å². The van der Waals surface area contributed by atoms with Gasteiger partial charge in [-0.05, 0) is 68.9 Å². The molecule has 0 spiro atoms. The SMILES string of the molecule is CCCCC(CCCC)CN1CCC(CCCC(C)(C)CCCC)CC1. The third-order valence-electron chi connectivity index (χ3n) is 6.83. The molecule has 0 aromatic rings. The summed E-state index contributed by atoms with van der Waals surface area (Å²) in [6.45, 7) is 16.1. The lowest BCUT2D eigenvalue weighted by Gasteiger charge is -2.35. The molecule has 0 radical (unpaired) electrons. The van der Waals surface area contributed by atoms with Crippen LogP contribution in [0.1, 0.15) is 125 Å². The Morgan fingerprint density at radius 2 is 1.35 bits per heavy atom. The summed E-state index contributed by atoms with van der Waals surface area (Å²) in [5.41, 5.74) is 0.572. The highest BCUT2D eigenvalue weighted by molar-refractivity contribution is 4.76. The second kappa shape index (κ2) is 14.0. The highest BCUT2D eigenvalue weighted by atomic mass is 15.1. The van der Waals surface area contributed by atoms with Gasteiger partial charge in [-0.15, -0.1) is 0 Å². The molecule has 0 amide bonds. The summed E-state index contributed by atoms with van der Waals surface area (Å²) in [6.07, 6.45) is 20.0. The van der Waals surface area contributed by atoms with Gasteiger partial charge in [0.25, 0.3) is 0 Å². The Hall–Kier alpha value is -0.0400. The van der Waals surface area contributed by atoms with E-state index in [2.05, 4.69) is 39.5 Å². The number of rotatable bonds is 15. The van der Waals surface area contributed by atoms with Crippen molar-refractivity contribution in [2.75, 3.05) is 19.6 Å². The van der Waals surface area contributed by atoms with Crippen molar-refractivity contribution in [3.63, 3.8) is 0 Å². The van der Waals surface area contributed by atoms with Crippen LogP contribution in [0.15, 0.2) is 0 Å². The van der Waals surface area contributed by atoms with E-state index in [4.69, 9.17) is 0 Å². The molecule has 1 saturated heterocycles. The number of hydrogen-bond acceptors (Lipinski definition) is 1. The highest BCUT2D eigenvalue weighted by Gasteiger charge is 2.23. The van der Waals surface area contributed by atoms with Crippen LogP contribution in [0.4, 0.5) is 0 Å². The molecule has 1 nitrogen and oxygen atoms in total. The molecule has 0 aromatic carbocycles. The van der Waals surface area contributed by atoms with Crippen LogP contribution in [0, 0.1) is 17.3 Å². The Morgan fingerprint density at radius 1 is 0.808 bits per heavy atom. The van der Waals surface area contributed by atoms with Crippen molar-refractivity contribution in [1.29, 1.82) is 0 Å². The Balaban J connectivity index is 2.22. The summed E-state index contributed by atoms with van der Waals surface area (Å²) in [5, 5.41) is 0. The zero-order valence-electron chi connectivity index (χ0n) is 19.1. The van der Waals surface area contributed by atoms with Crippen LogP contribution in [0.25, 0.3) is 0 Å². The fourth-order valence-electron chi connectivity index (χ4n) is 4.78. The maximum absolute atomic E-state index is 2.80. The molecule has 1 heterocycles. The van der Waals surface area contributed by atoms with Gasteiger partial charge >= 0.3 is 0 Å². The summed E-state index contributed by atoms with van der Waals surface area (Å²) in [4.78, 5) is 2.80. The van der Waals surface area contributed by atoms with Crippen LogP contribution in [0.2, 0.25) is 0 Å². The lowest BCUT2D eigenvalue weighted by molar-refractivity contribution is 0.144. The largest absolute Gasteiger partial charge is 0.303 e. The van der Waals surface area contributed by atoms with Crippen molar-refractivity contribution in [2.45, 2.75) is 125 Å². The molecular weight excluding hydrogens is 314 g/mol. The number of piperidine rings is 1. The van der Waals surface area contributed by atoms with Crippen LogP contribution in [0.5, 0.6) is 0 Å². The third-order valence-corrected chi connectivity index (χ3v) is 6.83. The van der Waals surface area contributed by atoms with Gasteiger partial charge in [-0.1, -0.05) is 86.0 Å². The van der Waals surface area contributed by atoms with Gasteiger partial charge in [0.05, 0.1) is 0 Å². The molecule has 0 aliphatic carbocycles. The molecule has 1 aliphatic heterocycles. The Bertz CT molecular complexity index is 306. The molecule has 1 rings (SSSR count). The second-order valence-electron chi connectivity index (χ2n) is 10.1. The van der Waals surface area contributed by atoms with Crippen LogP contribution in [0.3, 0.4) is 0 Å². The summed E-state index contributed by atoms with van der Waals surface area (Å²) in [5.74, 6) is 1.98. The lowest BCUT2D eigenvalue weighted by atomic mass is 9.80. The minimum absolute atomic E-state index is 0.572. The summed E-state index contributed by atoms with van der Waals surface area (Å²) in [7, 11) is 0. The second-order valence-corrected chi connectivity index (χ2v) is 10.1. The first-order chi connectivity index (χ1) is 12.5. The van der Waals surface area contributed by atoms with Gasteiger partial charge in [0.15, 0.2) is 0 Å². The van der Waals surface area contributed by atoms with E-state index in [-0.39, 0.29) is 0 Å². The first kappa shape index (κ1) is 24.0. The van der Waals surface area contributed by atoms with Crippen LogP contribution < -0.4 is 0 Å². The van der Waals surface area contributed by atoms with Crippen LogP contribution in [-0.4, -0.2) is 24.5 Å². The molecule has 0 unspecified atom stereocenters. The molecule has 0 saturated carbocycles. The maximum Gasteiger partial charge on any atom is 0.000966 e. The van der Waals surface area contributed by atoms with Gasteiger partial charge in [-0.3, -0.25) is 0 Å². The van der Waals surface area contributed by atoms with Crippen LogP contribution in [-0.2, 0) is 0 Å². The average Bonchev–Trinajstić information content (AvgIpc) is 2.63. The highest BCUT2D eigenvalue weighted by Crippen LogP contribution is 2.32. The van der Waals surface area contributed by atoms with Gasteiger partial charge in [0.2, 0.25) is 0 Å². The van der Waals surface area contributed by atoms with E-state index in [1.807, 2.05) is 0 Å². The summed E-state index contributed by atoms with van der Waals surface area (Å²) in [6, 6.07) is 0. The Labute approximate surface area is 166 Å². The normalized spacial score (nSPS) is 17.3. The monoisotopic (exact) mass is 365 g/mol. The maximum atomic E-state index is 2.80. The number of nitrogens with zero attached hydrogens (tertiary/aromatic N) is 1. The van der Waals surface area contributed by atoms with E-state index < -0.39 is 0 Å². The van der Waals surface area contributed by atoms with E-state index in [1.165, 1.54) is 110 Å². The fraction of sp³-hybridized carbons (Fsp3) is 1.00. The van der Waals surface area contributed by atoms with Crippen molar-refractivity contribution in [3.8, 4) is 0 Å². The van der Waals surface area contributed by atoms with E-state index in [9.17, 15) is 0 Å². The van der Waals surface area contributed by atoms with Crippen molar-refractivity contribution in [3.05, 3.63) is 0 Å². The molecule has 0 atom stereocenters. The van der Waals surface area contributed by atoms with Crippen molar-refractivity contribution in [2.24, 2.45) is 17.3 Å². The Morgan fingerprint density at radius 3 is 1.88 bits per heavy atom. The predicted molar refractivity (Wildman–Crippen MR) is 119 cm³/mol. The molecule has 0 N–H and O–H groups in total. The number of unbranched alkanes of at least 4 members (excludes halogenated alkanes) is 3. The van der Waals surface area contributed by atoms with E-state index >= 15 is 0 Å². The zero-order chi connectivity index (χ0) is 19.3. The van der Waals surface area contributed by atoms with E-state index in [0.717, 1.165) is 11.8 Å². The molecule has 0 aromatic heterocycles. The minimum atomic E-state index is 0.572. The predicted octanol–water partition coefficient (Wildman–Crippen LogP) is 8.08. The first-order valence-corrected chi connectivity index (χ1v) is 12.2. The topological polar surface area (TPSA) is 3.24 Å². The van der Waals surface area contributed by atoms with Crippen molar-refractivity contribution >= 4 is 0 Å². The molecule has 1 aliphatic rings. The standard InChI is InChI=1S/C25H51N/c1-6-9-13-24(14-10-7-2)22-26-20-16-23(17-21-26)15-12-19-25(4,5)18-11-8-3/h23-24H,6-22H2,1-5H3. The molecule has 26 heavy (non-hydrogen) atoms. The summed E-state index contributed by atoms with van der Waals surface area (Å²) >= 11 is 0. The Kier molecular flexibility index (Phi) is 12.9. The van der Waals surface area contributed by atoms with Crippen LogP contribution >= 0.6 is 0 Å². The minimum Gasteiger partial charge on any atom is -0.303 e. The smallest absolute Gasteiger partial charge is 0.000966 e. The van der Waals surface area contributed by atoms with Gasteiger partial charge < -0.3 is 4.90 Å². The molecular formula is C25H51N. The van der Waals surface area contributed by atoms with Crippen molar-refractivity contribution in [1.82, 2.24) is 4.90 Å². The molecule has 1 heteroatoms. The summed E-state index contributed by atoms with van der Waals surface area (Å²) < 4.78 is 0. The molecule has 1 fully saturated rings. The molecule has 156 valence electrons. The zero-order valence-corrected chi connectivity index (χ0v) is 19.1. The van der Waals surface area contributed by atoms with Crippen molar-refractivity contribution < 1.29 is 0 Å². The lowest BCUT2D eigenvalue weighted by Crippen LogP contribution is -2.37. The van der Waals surface area contributed by atoms with Gasteiger partial charge in [0, 0.05) is 6.54 Å². The van der Waals surface area contributed by atoms with Gasteiger partial charge in [-0.2, -0.15) is 0 Å². The first-order valence-electron chi connectivity index (χ1n) is 12.2. The number of likely N-dealkylation sites (tertiary alicyclic amines) is 1. The van der Waals surface area contributed by atoms with Gasteiger partial charge in [0.1, 0.15) is 0 Å². The quantitative estimate of drug-likeness (QED) is 0.283. The van der Waals surface area contributed by atoms with Gasteiger partial charge in [-0.25, -0.2) is 0 Å². The average molecular weight is 366 g/mol. The fourth-order valence-corrected chi connectivity index (χ4v) is 4.78.